The normalized spacial score (nSPS) is 11.4. The zero-order valence-corrected chi connectivity index (χ0v) is 9.39. The number of carbonyl (C=O) groups excluding carboxylic acids is 1. The summed E-state index contributed by atoms with van der Waals surface area (Å²) < 4.78 is 0.109. The van der Waals surface area contributed by atoms with Crippen LogP contribution in [0.2, 0.25) is 0 Å². The molecule has 0 atom stereocenters. The van der Waals surface area contributed by atoms with Gasteiger partial charge in [-0.05, 0) is 6.07 Å². The number of pyridine rings is 1. The molecule has 1 rings (SSSR count). The molecule has 0 radical (unpaired) electrons. The monoisotopic (exact) mass is 210 g/mol. The Morgan fingerprint density at radius 2 is 2.07 bits per heavy atom. The van der Waals surface area contributed by atoms with E-state index in [1.54, 1.807) is 24.0 Å². The highest BCUT2D eigenvalue weighted by Gasteiger charge is 2.13. The number of aromatic nitrogens is 1. The topological polar surface area (TPSA) is 56.0 Å². The third-order valence-corrected chi connectivity index (χ3v) is 2.49. The van der Waals surface area contributed by atoms with E-state index in [4.69, 9.17) is 5.73 Å². The molecule has 76 valence electrons. The van der Waals surface area contributed by atoms with E-state index in [2.05, 4.69) is 25.8 Å². The molecule has 4 heteroatoms. The second-order valence-electron chi connectivity index (χ2n) is 3.99. The van der Waals surface area contributed by atoms with Gasteiger partial charge in [-0.3, -0.25) is 9.78 Å². The Labute approximate surface area is 88.1 Å². The van der Waals surface area contributed by atoms with Crippen LogP contribution in [0.4, 0.5) is 0 Å². The van der Waals surface area contributed by atoms with E-state index in [1.807, 2.05) is 0 Å². The van der Waals surface area contributed by atoms with Gasteiger partial charge in [0.1, 0.15) is 0 Å². The van der Waals surface area contributed by atoms with Crippen molar-refractivity contribution in [3.8, 4) is 0 Å². The number of nitrogens with zero attached hydrogens (tertiary/aromatic N) is 1. The summed E-state index contributed by atoms with van der Waals surface area (Å²) in [5, 5.41) is 0. The highest BCUT2D eigenvalue weighted by Crippen LogP contribution is 2.31. The van der Waals surface area contributed by atoms with Crippen LogP contribution >= 0.6 is 11.8 Å². The standard InChI is InChI=1S/C10H14N2OS/c1-10(2,3)14-8-4-7(9(11)13)5-12-6-8/h4-6H,1-3H3,(H2,11,13). The van der Waals surface area contributed by atoms with Crippen molar-refractivity contribution >= 4 is 17.7 Å². The fourth-order valence-corrected chi connectivity index (χ4v) is 1.97. The van der Waals surface area contributed by atoms with E-state index in [0.717, 1.165) is 4.90 Å². The third-order valence-electron chi connectivity index (χ3n) is 1.42. The first-order valence-electron chi connectivity index (χ1n) is 4.32. The third kappa shape index (κ3) is 3.38. The van der Waals surface area contributed by atoms with Gasteiger partial charge in [-0.15, -0.1) is 11.8 Å². The molecule has 2 N–H and O–H groups in total. The molecule has 1 aromatic heterocycles. The van der Waals surface area contributed by atoms with Crippen LogP contribution in [0.25, 0.3) is 0 Å². The summed E-state index contributed by atoms with van der Waals surface area (Å²) in [7, 11) is 0. The number of thioether (sulfide) groups is 1. The maximum Gasteiger partial charge on any atom is 0.250 e. The molecule has 1 heterocycles. The van der Waals surface area contributed by atoms with Crippen LogP contribution in [0.15, 0.2) is 23.4 Å². The second kappa shape index (κ2) is 4.00. The van der Waals surface area contributed by atoms with Gasteiger partial charge in [0.2, 0.25) is 5.91 Å². The van der Waals surface area contributed by atoms with Gasteiger partial charge in [0, 0.05) is 22.0 Å². The molecule has 0 aliphatic rings. The van der Waals surface area contributed by atoms with Crippen molar-refractivity contribution in [1.82, 2.24) is 4.98 Å². The number of hydrogen-bond acceptors (Lipinski definition) is 3. The number of carbonyl (C=O) groups is 1. The molecular weight excluding hydrogens is 196 g/mol. The first-order chi connectivity index (χ1) is 6.38. The average Bonchev–Trinajstić information content (AvgIpc) is 2.01. The molecule has 0 aliphatic heterocycles. The lowest BCUT2D eigenvalue weighted by atomic mass is 10.3. The van der Waals surface area contributed by atoms with Crippen molar-refractivity contribution in [2.75, 3.05) is 0 Å². The van der Waals surface area contributed by atoms with Gasteiger partial charge >= 0.3 is 0 Å². The lowest BCUT2D eigenvalue weighted by molar-refractivity contribution is 0.0999. The summed E-state index contributed by atoms with van der Waals surface area (Å²) in [5.41, 5.74) is 5.62. The highest BCUT2D eigenvalue weighted by molar-refractivity contribution is 8.00. The van der Waals surface area contributed by atoms with Gasteiger partial charge in [-0.1, -0.05) is 20.8 Å². The van der Waals surface area contributed by atoms with Crippen LogP contribution in [0.5, 0.6) is 0 Å². The zero-order valence-electron chi connectivity index (χ0n) is 8.57. The Morgan fingerprint density at radius 3 is 2.57 bits per heavy atom. The smallest absolute Gasteiger partial charge is 0.250 e. The van der Waals surface area contributed by atoms with Crippen molar-refractivity contribution in [1.29, 1.82) is 0 Å². The molecule has 0 aliphatic carbocycles. The molecule has 0 aromatic carbocycles. The fourth-order valence-electron chi connectivity index (χ4n) is 0.963. The van der Waals surface area contributed by atoms with E-state index in [1.165, 1.54) is 6.20 Å². The largest absolute Gasteiger partial charge is 0.366 e. The first-order valence-corrected chi connectivity index (χ1v) is 5.14. The SMILES string of the molecule is CC(C)(C)Sc1cncc(C(N)=O)c1. The summed E-state index contributed by atoms with van der Waals surface area (Å²) in [6.45, 7) is 6.32. The minimum absolute atomic E-state index is 0.109. The summed E-state index contributed by atoms with van der Waals surface area (Å²) in [6.07, 6.45) is 3.22. The Kier molecular flexibility index (Phi) is 3.16. The molecule has 0 unspecified atom stereocenters. The van der Waals surface area contributed by atoms with Gasteiger partial charge in [0.05, 0.1) is 5.56 Å². The van der Waals surface area contributed by atoms with Gasteiger partial charge in [0.15, 0.2) is 0 Å². The molecule has 1 amide bonds. The number of rotatable bonds is 2. The van der Waals surface area contributed by atoms with Gasteiger partial charge in [0.25, 0.3) is 0 Å². The Bertz CT molecular complexity index is 344. The number of hydrogen-bond donors (Lipinski definition) is 1. The first kappa shape index (κ1) is 11.0. The predicted molar refractivity (Wildman–Crippen MR) is 58.4 cm³/mol. The zero-order chi connectivity index (χ0) is 10.8. The van der Waals surface area contributed by atoms with Crippen molar-refractivity contribution in [3.63, 3.8) is 0 Å². The van der Waals surface area contributed by atoms with Crippen LogP contribution < -0.4 is 5.73 Å². The Hall–Kier alpha value is -1.03. The summed E-state index contributed by atoms with van der Waals surface area (Å²) in [6, 6.07) is 1.77. The molecule has 14 heavy (non-hydrogen) atoms. The maximum absolute atomic E-state index is 10.9. The minimum Gasteiger partial charge on any atom is -0.366 e. The number of primary amides is 1. The summed E-state index contributed by atoms with van der Waals surface area (Å²) in [5.74, 6) is -0.436. The molecule has 0 bridgehead atoms. The van der Waals surface area contributed by atoms with Crippen molar-refractivity contribution in [3.05, 3.63) is 24.0 Å². The van der Waals surface area contributed by atoms with Crippen molar-refractivity contribution < 1.29 is 4.79 Å². The molecule has 0 saturated carbocycles. The average molecular weight is 210 g/mol. The number of amides is 1. The van der Waals surface area contributed by atoms with Crippen molar-refractivity contribution in [2.45, 2.75) is 30.4 Å². The molecule has 0 saturated heterocycles. The van der Waals surface area contributed by atoms with Crippen LogP contribution in [0.1, 0.15) is 31.1 Å². The van der Waals surface area contributed by atoms with Gasteiger partial charge < -0.3 is 5.73 Å². The Morgan fingerprint density at radius 1 is 1.43 bits per heavy atom. The van der Waals surface area contributed by atoms with Crippen molar-refractivity contribution in [2.24, 2.45) is 5.73 Å². The molecule has 0 spiro atoms. The van der Waals surface area contributed by atoms with E-state index >= 15 is 0 Å². The summed E-state index contributed by atoms with van der Waals surface area (Å²) >= 11 is 1.66. The quantitative estimate of drug-likeness (QED) is 0.760. The van der Waals surface area contributed by atoms with E-state index < -0.39 is 5.91 Å². The van der Waals surface area contributed by atoms with E-state index in [-0.39, 0.29) is 4.75 Å². The van der Waals surface area contributed by atoms with Crippen LogP contribution in [0.3, 0.4) is 0 Å². The van der Waals surface area contributed by atoms with Crippen LogP contribution in [-0.4, -0.2) is 15.6 Å². The minimum atomic E-state index is -0.436. The van der Waals surface area contributed by atoms with Gasteiger partial charge in [-0.25, -0.2) is 0 Å². The second-order valence-corrected chi connectivity index (χ2v) is 5.89. The predicted octanol–water partition coefficient (Wildman–Crippen LogP) is 2.07. The molecule has 3 nitrogen and oxygen atoms in total. The molecule has 0 fully saturated rings. The fraction of sp³-hybridized carbons (Fsp3) is 0.400. The van der Waals surface area contributed by atoms with Crippen LogP contribution in [-0.2, 0) is 0 Å². The maximum atomic E-state index is 10.9. The highest BCUT2D eigenvalue weighted by atomic mass is 32.2. The molecular formula is C10H14N2OS. The summed E-state index contributed by atoms with van der Waals surface area (Å²) in [4.78, 5) is 15.8. The lowest BCUT2D eigenvalue weighted by Crippen LogP contribution is -2.12. The Balaban J connectivity index is 2.89. The lowest BCUT2D eigenvalue weighted by Gasteiger charge is -2.17. The van der Waals surface area contributed by atoms with E-state index in [9.17, 15) is 4.79 Å². The number of nitrogens with two attached hydrogens (primary N) is 1. The van der Waals surface area contributed by atoms with E-state index in [0.29, 0.717) is 5.56 Å². The molecule has 1 aromatic rings. The van der Waals surface area contributed by atoms with Crippen LogP contribution in [0, 0.1) is 0 Å². The van der Waals surface area contributed by atoms with Gasteiger partial charge in [-0.2, -0.15) is 0 Å².